The van der Waals surface area contributed by atoms with Crippen LogP contribution in [0.1, 0.15) is 139 Å². The summed E-state index contributed by atoms with van der Waals surface area (Å²) in [6.45, 7) is 14.0. The molecular formula is C62H66F6N4O12. The number of hydrogen-bond acceptors (Lipinski definition) is 12. The highest BCUT2D eigenvalue weighted by Crippen LogP contribution is 2.31. The van der Waals surface area contributed by atoms with Crippen LogP contribution in [0.15, 0.2) is 107 Å². The second kappa shape index (κ2) is 29.1. The van der Waals surface area contributed by atoms with Crippen LogP contribution in [0.2, 0.25) is 0 Å². The van der Waals surface area contributed by atoms with Crippen molar-refractivity contribution in [2.24, 2.45) is 11.8 Å². The minimum Gasteiger partial charge on any atom is -0.481 e. The number of carbonyl (C=O) groups excluding carboxylic acids is 4. The van der Waals surface area contributed by atoms with E-state index in [2.05, 4.69) is 51.7 Å². The molecule has 84 heavy (non-hydrogen) atoms. The number of carboxylic acids is 2. The summed E-state index contributed by atoms with van der Waals surface area (Å²) in [4.78, 5) is 102. The molecule has 2 heterocycles. The van der Waals surface area contributed by atoms with Crippen LogP contribution in [0.5, 0.6) is 11.5 Å². The van der Waals surface area contributed by atoms with Crippen molar-refractivity contribution in [3.05, 3.63) is 186 Å². The van der Waals surface area contributed by atoms with Crippen LogP contribution in [0.4, 0.5) is 26.3 Å². The SMILES string of the molecule is CC[C@@H](C(=O)C[C@@H](CC(=O)O)C(=O)COc1c(F)ccc(F)c1F)c1ccnn(Cc2ccccc2C(C)(C)C)c1=O.CC[C@H](C(=O)C[C@@H](CC(=O)O)C(=O)COc1c(F)ccc(F)c1F)c1ccnn(Cc2ccccc2C(C)(C)C)c1=O. The lowest BCUT2D eigenvalue weighted by molar-refractivity contribution is -0.142. The third kappa shape index (κ3) is 17.3. The molecule has 16 nitrogen and oxygen atoms in total. The lowest BCUT2D eigenvalue weighted by Gasteiger charge is -2.23. The van der Waals surface area contributed by atoms with E-state index < -0.39 is 155 Å². The first-order chi connectivity index (χ1) is 39.5. The van der Waals surface area contributed by atoms with Crippen molar-refractivity contribution in [1.29, 1.82) is 0 Å². The molecule has 0 saturated carbocycles. The van der Waals surface area contributed by atoms with Gasteiger partial charge in [-0.3, -0.25) is 38.4 Å². The van der Waals surface area contributed by atoms with Crippen molar-refractivity contribution in [2.45, 2.75) is 130 Å². The van der Waals surface area contributed by atoms with Crippen molar-refractivity contribution in [2.75, 3.05) is 13.2 Å². The van der Waals surface area contributed by atoms with Gasteiger partial charge in [-0.2, -0.15) is 19.0 Å². The fourth-order valence-corrected chi connectivity index (χ4v) is 9.63. The van der Waals surface area contributed by atoms with Gasteiger partial charge in [0, 0.05) is 60.0 Å². The zero-order valence-corrected chi connectivity index (χ0v) is 47.7. The summed E-state index contributed by atoms with van der Waals surface area (Å²) in [6.07, 6.45) is 0.531. The molecule has 22 heteroatoms. The van der Waals surface area contributed by atoms with Crippen LogP contribution in [0, 0.1) is 46.7 Å². The summed E-state index contributed by atoms with van der Waals surface area (Å²) < 4.78 is 94.8. The van der Waals surface area contributed by atoms with E-state index in [9.17, 15) is 74.9 Å². The van der Waals surface area contributed by atoms with E-state index in [0.717, 1.165) is 22.3 Å². The first-order valence-corrected chi connectivity index (χ1v) is 26.8. The number of benzene rings is 4. The molecule has 6 rings (SSSR count). The molecule has 0 radical (unpaired) electrons. The van der Waals surface area contributed by atoms with Crippen molar-refractivity contribution >= 4 is 35.1 Å². The molecule has 0 fully saturated rings. The fraction of sp³-hybridized carbons (Fsp3) is 0.387. The van der Waals surface area contributed by atoms with Crippen molar-refractivity contribution < 1.29 is 74.8 Å². The minimum atomic E-state index is -1.64. The smallest absolute Gasteiger partial charge is 0.304 e. The number of rotatable bonds is 26. The summed E-state index contributed by atoms with van der Waals surface area (Å²) >= 11 is 0. The Morgan fingerprint density at radius 2 is 0.821 bits per heavy atom. The molecule has 4 aromatic carbocycles. The molecule has 2 N–H and O–H groups in total. The number of ether oxygens (including phenoxy) is 2. The van der Waals surface area contributed by atoms with E-state index in [-0.39, 0.29) is 47.9 Å². The molecule has 0 bridgehead atoms. The van der Waals surface area contributed by atoms with Gasteiger partial charge in [0.1, 0.15) is 24.8 Å². The monoisotopic (exact) mass is 1170 g/mol. The van der Waals surface area contributed by atoms with E-state index >= 15 is 0 Å². The van der Waals surface area contributed by atoms with Crippen LogP contribution in [0.3, 0.4) is 0 Å². The maximum absolute atomic E-state index is 13.9. The van der Waals surface area contributed by atoms with Gasteiger partial charge < -0.3 is 19.7 Å². The maximum atomic E-state index is 13.9. The van der Waals surface area contributed by atoms with Gasteiger partial charge in [-0.25, -0.2) is 26.9 Å². The molecular weight excluding hydrogens is 1110 g/mol. The number of carboxylic acid groups (broad SMARTS) is 2. The van der Waals surface area contributed by atoms with Gasteiger partial charge in [0.25, 0.3) is 11.1 Å². The molecule has 2 aromatic heterocycles. The van der Waals surface area contributed by atoms with Crippen LogP contribution in [-0.2, 0) is 52.7 Å². The highest BCUT2D eigenvalue weighted by molar-refractivity contribution is 5.94. The van der Waals surface area contributed by atoms with Crippen LogP contribution < -0.4 is 20.6 Å². The third-order valence-corrected chi connectivity index (χ3v) is 13.9. The van der Waals surface area contributed by atoms with Gasteiger partial charge in [0.2, 0.25) is 11.6 Å². The molecule has 0 amide bonds. The standard InChI is InChI=1S/2C31H33F3N2O6/c2*1-5-20(21-12-13-35-36(30(21)41)16-18-8-6-7-9-22(18)31(2,3)4)25(37)14-19(15-27(39)40)26(38)17-42-29-24(33)11-10-23(32)28(29)34/h2*6-13,19-20H,5,14-17H2,1-4H3,(H,39,40)/t19-,20+;19-,20-/m00/s1. The predicted octanol–water partition coefficient (Wildman–Crippen LogP) is 10.4. The number of carbonyl (C=O) groups is 6. The molecule has 4 atom stereocenters. The molecule has 0 unspecified atom stereocenters. The summed E-state index contributed by atoms with van der Waals surface area (Å²) in [5, 5.41) is 27.1. The Balaban J connectivity index is 0.000000307. The Morgan fingerprint density at radius 3 is 1.14 bits per heavy atom. The predicted molar refractivity (Wildman–Crippen MR) is 296 cm³/mol. The molecule has 0 aliphatic carbocycles. The lowest BCUT2D eigenvalue weighted by atomic mass is 9.83. The number of halogens is 6. The molecule has 6 aromatic rings. The Hall–Kier alpha value is -8.56. The van der Waals surface area contributed by atoms with Gasteiger partial charge in [-0.05, 0) is 82.3 Å². The first kappa shape index (κ1) is 66.2. The van der Waals surface area contributed by atoms with Gasteiger partial charge in [0.15, 0.2) is 46.3 Å². The number of ketones is 4. The quantitative estimate of drug-likeness (QED) is 0.0380. The van der Waals surface area contributed by atoms with Crippen LogP contribution >= 0.6 is 0 Å². The largest absolute Gasteiger partial charge is 0.481 e. The van der Waals surface area contributed by atoms with E-state index in [4.69, 9.17) is 9.47 Å². The Labute approximate surface area is 480 Å². The zero-order chi connectivity index (χ0) is 62.4. The number of Topliss-reactive ketones (excluding diaryl/α,β-unsaturated/α-hetero) is 4. The number of aromatic nitrogens is 4. The summed E-state index contributed by atoms with van der Waals surface area (Å²) in [5.41, 5.74) is 2.74. The molecule has 0 saturated heterocycles. The summed E-state index contributed by atoms with van der Waals surface area (Å²) in [6, 6.07) is 20.5. The molecule has 0 aliphatic heterocycles. The summed E-state index contributed by atoms with van der Waals surface area (Å²) in [7, 11) is 0. The minimum absolute atomic E-state index is 0.146. The van der Waals surface area contributed by atoms with Gasteiger partial charge >= 0.3 is 11.9 Å². The second-order valence-electron chi connectivity index (χ2n) is 22.0. The van der Waals surface area contributed by atoms with Crippen LogP contribution in [0.25, 0.3) is 0 Å². The number of hydrogen-bond donors (Lipinski definition) is 2. The molecule has 0 aliphatic rings. The van der Waals surface area contributed by atoms with Gasteiger partial charge in [-0.15, -0.1) is 0 Å². The normalized spacial score (nSPS) is 12.9. The van der Waals surface area contributed by atoms with E-state index in [0.29, 0.717) is 24.3 Å². The molecule has 448 valence electrons. The van der Waals surface area contributed by atoms with Crippen molar-refractivity contribution in [1.82, 2.24) is 19.6 Å². The Kier molecular flexibility index (Phi) is 23.0. The van der Waals surface area contributed by atoms with Crippen LogP contribution in [-0.4, -0.2) is 78.1 Å². The second-order valence-corrected chi connectivity index (χ2v) is 22.0. The van der Waals surface area contributed by atoms with Gasteiger partial charge in [-0.1, -0.05) is 104 Å². The average Bonchev–Trinajstić information content (AvgIpc) is 3.34. The highest BCUT2D eigenvalue weighted by Gasteiger charge is 2.33. The zero-order valence-electron chi connectivity index (χ0n) is 47.7. The first-order valence-electron chi connectivity index (χ1n) is 26.8. The summed E-state index contributed by atoms with van der Waals surface area (Å²) in [5.74, 6) is -21.3. The Bertz CT molecular complexity index is 3290. The lowest BCUT2D eigenvalue weighted by Crippen LogP contribution is -2.32. The fourth-order valence-electron chi connectivity index (χ4n) is 9.63. The van der Waals surface area contributed by atoms with Crippen molar-refractivity contribution in [3.8, 4) is 11.5 Å². The van der Waals surface area contributed by atoms with Gasteiger partial charge in [0.05, 0.1) is 25.9 Å². The maximum Gasteiger partial charge on any atom is 0.304 e. The molecule has 0 spiro atoms. The number of nitrogens with zero attached hydrogens (tertiary/aromatic N) is 4. The Morgan fingerprint density at radius 1 is 0.488 bits per heavy atom. The third-order valence-electron chi connectivity index (χ3n) is 13.9. The topological polar surface area (TPSA) is 231 Å². The number of aliphatic carboxylic acids is 2. The van der Waals surface area contributed by atoms with E-state index in [1.54, 1.807) is 13.8 Å². The van der Waals surface area contributed by atoms with E-state index in [1.165, 1.54) is 33.9 Å². The van der Waals surface area contributed by atoms with Crippen molar-refractivity contribution in [3.63, 3.8) is 0 Å². The highest BCUT2D eigenvalue weighted by atomic mass is 19.2. The van der Waals surface area contributed by atoms with E-state index in [1.807, 2.05) is 48.5 Å². The average molecular weight is 1170 g/mol.